The molecule has 0 atom stereocenters. The summed E-state index contributed by atoms with van der Waals surface area (Å²) in [7, 11) is -3.40. The molecular formula is C14H26N2O2S3. The second-order valence-electron chi connectivity index (χ2n) is 4.92. The van der Waals surface area contributed by atoms with Gasteiger partial charge in [0.15, 0.2) is 0 Å². The van der Waals surface area contributed by atoms with E-state index in [1.54, 1.807) is 17.8 Å². The lowest BCUT2D eigenvalue weighted by Crippen LogP contribution is -2.39. The van der Waals surface area contributed by atoms with Crippen LogP contribution in [0.15, 0.2) is 16.3 Å². The van der Waals surface area contributed by atoms with Crippen LogP contribution in [0.25, 0.3) is 0 Å². The zero-order valence-electron chi connectivity index (χ0n) is 13.2. The summed E-state index contributed by atoms with van der Waals surface area (Å²) >= 11 is 3.07. The van der Waals surface area contributed by atoms with Crippen molar-refractivity contribution in [1.29, 1.82) is 0 Å². The van der Waals surface area contributed by atoms with Gasteiger partial charge < -0.3 is 5.32 Å². The third-order valence-corrected chi connectivity index (χ3v) is 8.32. The lowest BCUT2D eigenvalue weighted by molar-refractivity contribution is 0.523. The van der Waals surface area contributed by atoms with Crippen LogP contribution in [0.1, 0.15) is 38.5 Å². The van der Waals surface area contributed by atoms with Crippen LogP contribution < -0.4 is 10.0 Å². The predicted octanol–water partition coefficient (Wildman–Crippen LogP) is 3.06. The molecule has 1 rings (SSSR count). The Balaban J connectivity index is 2.75. The first-order chi connectivity index (χ1) is 9.93. The van der Waals surface area contributed by atoms with Crippen molar-refractivity contribution >= 4 is 33.1 Å². The lowest BCUT2D eigenvalue weighted by Gasteiger charge is -2.29. The van der Waals surface area contributed by atoms with E-state index in [0.29, 0.717) is 10.8 Å². The van der Waals surface area contributed by atoms with Crippen molar-refractivity contribution in [1.82, 2.24) is 10.0 Å². The fourth-order valence-corrected chi connectivity index (χ4v) is 5.39. The molecule has 0 aliphatic carbocycles. The van der Waals surface area contributed by atoms with Gasteiger partial charge in [-0.25, -0.2) is 13.1 Å². The molecule has 0 unspecified atom stereocenters. The van der Waals surface area contributed by atoms with Crippen molar-refractivity contribution in [2.45, 2.75) is 49.1 Å². The fourth-order valence-electron chi connectivity index (χ4n) is 2.00. The molecule has 0 spiro atoms. The first kappa shape index (κ1) is 19.0. The second-order valence-corrected chi connectivity index (χ2v) is 9.36. The van der Waals surface area contributed by atoms with Crippen LogP contribution in [-0.2, 0) is 16.6 Å². The molecule has 1 aromatic rings. The SMILES string of the molecule is CCNCc1ccc(S(=O)(=O)NCC(CC)(CC)SC)s1. The van der Waals surface area contributed by atoms with Crippen LogP contribution in [0.4, 0.5) is 0 Å². The van der Waals surface area contributed by atoms with E-state index in [9.17, 15) is 8.42 Å². The minimum atomic E-state index is -3.40. The van der Waals surface area contributed by atoms with E-state index in [4.69, 9.17) is 0 Å². The summed E-state index contributed by atoms with van der Waals surface area (Å²) in [6, 6.07) is 3.57. The quantitative estimate of drug-likeness (QED) is 0.681. The van der Waals surface area contributed by atoms with Gasteiger partial charge in [-0.15, -0.1) is 11.3 Å². The van der Waals surface area contributed by atoms with E-state index in [-0.39, 0.29) is 4.75 Å². The third-order valence-electron chi connectivity index (χ3n) is 3.76. The number of thiophene rings is 1. The van der Waals surface area contributed by atoms with Gasteiger partial charge in [0, 0.05) is 22.7 Å². The van der Waals surface area contributed by atoms with Crippen LogP contribution >= 0.6 is 23.1 Å². The van der Waals surface area contributed by atoms with E-state index in [0.717, 1.165) is 30.8 Å². The summed E-state index contributed by atoms with van der Waals surface area (Å²) in [5.74, 6) is 0. The molecule has 0 aliphatic heterocycles. The first-order valence-corrected chi connectivity index (χ1v) is 10.8. The molecule has 7 heteroatoms. The van der Waals surface area contributed by atoms with Crippen molar-refractivity contribution in [2.24, 2.45) is 0 Å². The van der Waals surface area contributed by atoms with E-state index >= 15 is 0 Å². The molecule has 2 N–H and O–H groups in total. The molecule has 0 saturated carbocycles. The van der Waals surface area contributed by atoms with Gasteiger partial charge in [-0.3, -0.25) is 0 Å². The standard InChI is InChI=1S/C14H26N2O2S3/c1-5-14(6-2,19-4)11-16-21(17,18)13-9-8-12(20-13)10-15-7-3/h8-9,15-16H,5-7,10-11H2,1-4H3. The molecule has 0 aliphatic rings. The number of rotatable bonds is 10. The highest BCUT2D eigenvalue weighted by Crippen LogP contribution is 2.30. The number of thioether (sulfide) groups is 1. The minimum absolute atomic E-state index is 0.0169. The molecule has 0 radical (unpaired) electrons. The van der Waals surface area contributed by atoms with Gasteiger partial charge in [-0.1, -0.05) is 20.8 Å². The Morgan fingerprint density at radius 2 is 1.90 bits per heavy atom. The summed E-state index contributed by atoms with van der Waals surface area (Å²) in [5.41, 5.74) is 0. The number of hydrogen-bond acceptors (Lipinski definition) is 5. The van der Waals surface area contributed by atoms with Gasteiger partial charge in [-0.05, 0) is 37.8 Å². The Morgan fingerprint density at radius 3 is 2.43 bits per heavy atom. The number of nitrogens with one attached hydrogen (secondary N) is 2. The van der Waals surface area contributed by atoms with Crippen molar-refractivity contribution in [3.63, 3.8) is 0 Å². The smallest absolute Gasteiger partial charge is 0.250 e. The summed E-state index contributed by atoms with van der Waals surface area (Å²) in [4.78, 5) is 1.04. The maximum Gasteiger partial charge on any atom is 0.250 e. The average molecular weight is 351 g/mol. The average Bonchev–Trinajstić information content (AvgIpc) is 2.97. The highest BCUT2D eigenvalue weighted by Gasteiger charge is 2.28. The topological polar surface area (TPSA) is 58.2 Å². The molecule has 122 valence electrons. The predicted molar refractivity (Wildman–Crippen MR) is 93.7 cm³/mol. The molecule has 0 aromatic carbocycles. The summed E-state index contributed by atoms with van der Waals surface area (Å²) < 4.78 is 27.9. The van der Waals surface area contributed by atoms with Gasteiger partial charge in [0.05, 0.1) is 0 Å². The second kappa shape index (κ2) is 8.53. The van der Waals surface area contributed by atoms with E-state index in [1.807, 2.05) is 19.2 Å². The van der Waals surface area contributed by atoms with Crippen molar-refractivity contribution in [3.8, 4) is 0 Å². The Bertz CT molecular complexity index is 514. The molecule has 0 bridgehead atoms. The van der Waals surface area contributed by atoms with Crippen LogP contribution in [-0.4, -0.2) is 32.5 Å². The van der Waals surface area contributed by atoms with Crippen molar-refractivity contribution in [2.75, 3.05) is 19.3 Å². The molecular weight excluding hydrogens is 324 g/mol. The normalized spacial score (nSPS) is 12.8. The molecule has 1 heterocycles. The lowest BCUT2D eigenvalue weighted by atomic mass is 10.0. The van der Waals surface area contributed by atoms with Crippen LogP contribution in [0.2, 0.25) is 0 Å². The van der Waals surface area contributed by atoms with Crippen LogP contribution in [0.3, 0.4) is 0 Å². The van der Waals surface area contributed by atoms with Gasteiger partial charge in [-0.2, -0.15) is 11.8 Å². The Labute approximate surface area is 137 Å². The molecule has 0 amide bonds. The Hall–Kier alpha value is -0.0800. The van der Waals surface area contributed by atoms with Gasteiger partial charge in [0.1, 0.15) is 4.21 Å². The van der Waals surface area contributed by atoms with E-state index in [2.05, 4.69) is 23.9 Å². The summed E-state index contributed by atoms with van der Waals surface area (Å²) in [6.07, 6.45) is 3.94. The van der Waals surface area contributed by atoms with Crippen molar-refractivity contribution < 1.29 is 8.42 Å². The first-order valence-electron chi connectivity index (χ1n) is 7.27. The fraction of sp³-hybridized carbons (Fsp3) is 0.714. The summed E-state index contributed by atoms with van der Waals surface area (Å²) in [6.45, 7) is 8.31. The van der Waals surface area contributed by atoms with Gasteiger partial charge >= 0.3 is 0 Å². The number of sulfonamides is 1. The highest BCUT2D eigenvalue weighted by molar-refractivity contribution is 8.00. The third kappa shape index (κ3) is 5.25. The minimum Gasteiger partial charge on any atom is -0.312 e. The molecule has 0 fully saturated rings. The maximum atomic E-state index is 12.4. The molecule has 21 heavy (non-hydrogen) atoms. The largest absolute Gasteiger partial charge is 0.312 e. The van der Waals surface area contributed by atoms with Crippen LogP contribution in [0.5, 0.6) is 0 Å². The van der Waals surface area contributed by atoms with Crippen molar-refractivity contribution in [3.05, 3.63) is 17.0 Å². The molecule has 4 nitrogen and oxygen atoms in total. The number of hydrogen-bond donors (Lipinski definition) is 2. The zero-order chi connectivity index (χ0) is 15.9. The zero-order valence-corrected chi connectivity index (χ0v) is 15.7. The van der Waals surface area contributed by atoms with Gasteiger partial charge in [0.2, 0.25) is 10.0 Å². The monoisotopic (exact) mass is 350 g/mol. The Kier molecular flexibility index (Phi) is 7.70. The van der Waals surface area contributed by atoms with E-state index in [1.165, 1.54) is 11.3 Å². The van der Waals surface area contributed by atoms with Crippen LogP contribution in [0, 0.1) is 0 Å². The maximum absolute atomic E-state index is 12.4. The summed E-state index contributed by atoms with van der Waals surface area (Å²) in [5, 5.41) is 3.20. The molecule has 1 aromatic heterocycles. The van der Waals surface area contributed by atoms with Gasteiger partial charge in [0.25, 0.3) is 0 Å². The van der Waals surface area contributed by atoms with E-state index < -0.39 is 10.0 Å². The highest BCUT2D eigenvalue weighted by atomic mass is 32.2. The molecule has 0 saturated heterocycles. The Morgan fingerprint density at radius 1 is 1.24 bits per heavy atom.